The van der Waals surface area contributed by atoms with E-state index in [2.05, 4.69) is 5.32 Å². The summed E-state index contributed by atoms with van der Waals surface area (Å²) >= 11 is 1.29. The third-order valence-electron chi connectivity index (χ3n) is 2.78. The van der Waals surface area contributed by atoms with Crippen LogP contribution in [0, 0.1) is 0 Å². The molecule has 0 radical (unpaired) electrons. The molecule has 2 amide bonds. The Hall–Kier alpha value is -0.790. The fourth-order valence-electron chi connectivity index (χ4n) is 1.98. The van der Waals surface area contributed by atoms with Gasteiger partial charge in [0.25, 0.3) is 5.24 Å². The van der Waals surface area contributed by atoms with Crippen molar-refractivity contribution in [3.63, 3.8) is 0 Å². The second-order valence-corrected chi connectivity index (χ2v) is 6.41. The van der Waals surface area contributed by atoms with Gasteiger partial charge in [0.1, 0.15) is 0 Å². The molecule has 0 aliphatic carbocycles. The number of carbonyl (C=O) groups is 2. The van der Waals surface area contributed by atoms with Crippen molar-refractivity contribution in [2.24, 2.45) is 0 Å². The maximum atomic E-state index is 11.7. The van der Waals surface area contributed by atoms with Crippen LogP contribution in [0.1, 0.15) is 13.3 Å². The number of carbonyl (C=O) groups excluding carboxylic acids is 2. The van der Waals surface area contributed by atoms with Gasteiger partial charge in [-0.15, -0.1) is 0 Å². The van der Waals surface area contributed by atoms with Crippen LogP contribution >= 0.6 is 11.8 Å². The topological polar surface area (TPSA) is 72.9 Å². The Morgan fingerprint density at radius 1 is 1.58 bits per heavy atom. The van der Waals surface area contributed by atoms with Crippen LogP contribution in [0.4, 0.5) is 4.79 Å². The number of likely N-dealkylation sites (N-methyl/N-ethyl adjacent to an activating group) is 1. The molecule has 0 aromatic rings. The number of nitrogens with zero attached hydrogens (tertiary/aromatic N) is 2. The molecule has 1 atom stereocenters. The van der Waals surface area contributed by atoms with Gasteiger partial charge in [-0.1, -0.05) is 11.8 Å². The number of hydrogen-bond donors (Lipinski definition) is 2. The zero-order chi connectivity index (χ0) is 14.5. The van der Waals surface area contributed by atoms with Gasteiger partial charge in [0, 0.05) is 38.4 Å². The lowest BCUT2D eigenvalue weighted by Crippen LogP contribution is -2.47. The average molecular weight is 289 g/mol. The quantitative estimate of drug-likeness (QED) is 0.689. The molecular weight excluding hydrogens is 266 g/mol. The Bertz CT molecular complexity index is 334. The lowest BCUT2D eigenvalue weighted by atomic mass is 10.1. The molecule has 0 bridgehead atoms. The van der Waals surface area contributed by atoms with E-state index in [-0.39, 0.29) is 24.1 Å². The monoisotopic (exact) mass is 289 g/mol. The summed E-state index contributed by atoms with van der Waals surface area (Å²) in [5.74, 6) is 0.668. The number of amides is 2. The first-order valence-corrected chi connectivity index (χ1v) is 7.34. The minimum absolute atomic E-state index is 0.0485. The first kappa shape index (κ1) is 16.3. The highest BCUT2D eigenvalue weighted by atomic mass is 32.2. The molecule has 1 unspecified atom stereocenters. The number of hydrogen-bond acceptors (Lipinski definition) is 5. The van der Waals surface area contributed by atoms with Crippen LogP contribution in [0.25, 0.3) is 0 Å². The predicted molar refractivity (Wildman–Crippen MR) is 76.2 cm³/mol. The van der Waals surface area contributed by atoms with Gasteiger partial charge in [-0.2, -0.15) is 0 Å². The molecule has 110 valence electrons. The minimum Gasteiger partial charge on any atom is -0.387 e. The van der Waals surface area contributed by atoms with Crippen LogP contribution in [0.15, 0.2) is 0 Å². The molecule has 1 rings (SSSR count). The van der Waals surface area contributed by atoms with Gasteiger partial charge < -0.3 is 20.2 Å². The van der Waals surface area contributed by atoms with E-state index in [1.54, 1.807) is 11.8 Å². The van der Waals surface area contributed by atoms with Crippen molar-refractivity contribution in [2.45, 2.75) is 18.9 Å². The maximum Gasteiger partial charge on any atom is 0.281 e. The molecule has 7 heteroatoms. The van der Waals surface area contributed by atoms with Gasteiger partial charge >= 0.3 is 0 Å². The summed E-state index contributed by atoms with van der Waals surface area (Å²) in [5, 5.41) is 12.8. The van der Waals surface area contributed by atoms with Crippen molar-refractivity contribution in [1.29, 1.82) is 0 Å². The maximum absolute atomic E-state index is 11.7. The Labute approximate surface area is 118 Å². The Balaban J connectivity index is 2.22. The molecule has 1 fully saturated rings. The van der Waals surface area contributed by atoms with Gasteiger partial charge in [0.05, 0.1) is 5.60 Å². The smallest absolute Gasteiger partial charge is 0.281 e. The zero-order valence-electron chi connectivity index (χ0n) is 11.8. The number of aliphatic hydroxyl groups is 1. The molecular formula is C12H23N3O3S. The highest BCUT2D eigenvalue weighted by molar-refractivity contribution is 8.13. The second-order valence-electron chi connectivity index (χ2n) is 5.36. The van der Waals surface area contributed by atoms with Crippen molar-refractivity contribution in [1.82, 2.24) is 15.1 Å². The van der Waals surface area contributed by atoms with Crippen LogP contribution in [0.2, 0.25) is 0 Å². The second kappa shape index (κ2) is 7.12. The normalized spacial score (nSPS) is 18.8. The van der Waals surface area contributed by atoms with E-state index in [4.69, 9.17) is 0 Å². The van der Waals surface area contributed by atoms with Crippen molar-refractivity contribution < 1.29 is 14.7 Å². The number of thioether (sulfide) groups is 1. The van der Waals surface area contributed by atoms with Crippen molar-refractivity contribution in [2.75, 3.05) is 46.0 Å². The molecule has 0 saturated carbocycles. The fraction of sp³-hybridized carbons (Fsp3) is 0.833. The number of nitrogens with one attached hydrogen (secondary N) is 1. The molecule has 1 saturated heterocycles. The molecule has 0 aromatic carbocycles. The standard InChI is InChI=1S/C12H23N3O3S/c1-12(18,9-14(2)3)8-13-10(16)4-5-15-6-7-19-11(15)17/h18H,4-9H2,1-3H3,(H,13,16). The largest absolute Gasteiger partial charge is 0.387 e. The van der Waals surface area contributed by atoms with Crippen LogP contribution in [0.5, 0.6) is 0 Å². The first-order chi connectivity index (χ1) is 8.80. The molecule has 19 heavy (non-hydrogen) atoms. The predicted octanol–water partition coefficient (Wildman–Crippen LogP) is -0.0259. The molecule has 0 aromatic heterocycles. The highest BCUT2D eigenvalue weighted by Crippen LogP contribution is 2.16. The van der Waals surface area contributed by atoms with Gasteiger partial charge in [-0.25, -0.2) is 0 Å². The van der Waals surface area contributed by atoms with Crippen LogP contribution in [-0.2, 0) is 4.79 Å². The van der Waals surface area contributed by atoms with Crippen molar-refractivity contribution in [3.05, 3.63) is 0 Å². The SMILES string of the molecule is CN(C)CC(C)(O)CNC(=O)CCN1CCSC1=O. The summed E-state index contributed by atoms with van der Waals surface area (Å²) in [7, 11) is 3.74. The van der Waals surface area contributed by atoms with Gasteiger partial charge in [-0.05, 0) is 21.0 Å². The van der Waals surface area contributed by atoms with E-state index in [9.17, 15) is 14.7 Å². The number of rotatable bonds is 7. The summed E-state index contributed by atoms with van der Waals surface area (Å²) in [4.78, 5) is 26.5. The van der Waals surface area contributed by atoms with Gasteiger partial charge in [-0.3, -0.25) is 9.59 Å². The Morgan fingerprint density at radius 3 is 2.79 bits per heavy atom. The third-order valence-corrected chi connectivity index (χ3v) is 3.67. The van der Waals surface area contributed by atoms with Crippen molar-refractivity contribution in [3.8, 4) is 0 Å². The first-order valence-electron chi connectivity index (χ1n) is 6.36. The molecule has 1 aliphatic heterocycles. The van der Waals surface area contributed by atoms with E-state index < -0.39 is 5.60 Å². The van der Waals surface area contributed by atoms with E-state index in [1.807, 2.05) is 19.0 Å². The summed E-state index contributed by atoms with van der Waals surface area (Å²) in [6.07, 6.45) is 0.282. The van der Waals surface area contributed by atoms with E-state index in [0.717, 1.165) is 12.3 Å². The summed E-state index contributed by atoms with van der Waals surface area (Å²) in [6.45, 7) is 3.55. The third kappa shape index (κ3) is 6.26. The fourth-order valence-corrected chi connectivity index (χ4v) is 2.83. The molecule has 1 heterocycles. The molecule has 0 spiro atoms. The van der Waals surface area contributed by atoms with Gasteiger partial charge in [0.15, 0.2) is 0 Å². The average Bonchev–Trinajstić information content (AvgIpc) is 2.68. The van der Waals surface area contributed by atoms with Crippen LogP contribution in [-0.4, -0.2) is 77.7 Å². The molecule has 1 aliphatic rings. The molecule has 2 N–H and O–H groups in total. The summed E-state index contributed by atoms with van der Waals surface area (Å²) < 4.78 is 0. The van der Waals surface area contributed by atoms with Crippen LogP contribution in [0.3, 0.4) is 0 Å². The van der Waals surface area contributed by atoms with Crippen molar-refractivity contribution >= 4 is 22.9 Å². The lowest BCUT2D eigenvalue weighted by molar-refractivity contribution is -0.122. The zero-order valence-corrected chi connectivity index (χ0v) is 12.6. The van der Waals surface area contributed by atoms with E-state index in [0.29, 0.717) is 13.1 Å². The van der Waals surface area contributed by atoms with Crippen LogP contribution < -0.4 is 5.32 Å². The minimum atomic E-state index is -0.946. The lowest BCUT2D eigenvalue weighted by Gasteiger charge is -2.27. The molecule has 6 nitrogen and oxygen atoms in total. The summed E-state index contributed by atoms with van der Waals surface area (Å²) in [5.41, 5.74) is -0.946. The Morgan fingerprint density at radius 2 is 2.26 bits per heavy atom. The summed E-state index contributed by atoms with van der Waals surface area (Å²) in [6, 6.07) is 0. The van der Waals surface area contributed by atoms with E-state index >= 15 is 0 Å². The highest BCUT2D eigenvalue weighted by Gasteiger charge is 2.24. The van der Waals surface area contributed by atoms with E-state index in [1.165, 1.54) is 11.8 Å². The van der Waals surface area contributed by atoms with Gasteiger partial charge in [0.2, 0.25) is 5.91 Å². The Kier molecular flexibility index (Phi) is 6.09.